The molecular weight excluding hydrogens is 316 g/mol. The van der Waals surface area contributed by atoms with Gasteiger partial charge in [-0.3, -0.25) is 0 Å². The number of nitrogens with zero attached hydrogens (tertiary/aromatic N) is 2. The maximum absolute atomic E-state index is 11.0. The van der Waals surface area contributed by atoms with Gasteiger partial charge < -0.3 is 29.9 Å². The lowest BCUT2D eigenvalue weighted by molar-refractivity contribution is -0.271. The molecule has 0 bridgehead atoms. The zero-order valence-corrected chi connectivity index (χ0v) is 11.3. The average molecular weight is 328 g/mol. The first kappa shape index (κ1) is 16.9. The van der Waals surface area contributed by atoms with Crippen LogP contribution in [-0.2, 0) is 9.53 Å². The largest absolute Gasteiger partial charge is 0.479 e. The number of ether oxygens (including phenoxy) is 2. The SMILES string of the molecule is O=Nc1ccc(OC2OC(C(=O)O)C(O)C(O)C2O)c(N=O)c1. The minimum Gasteiger partial charge on any atom is -0.479 e. The van der Waals surface area contributed by atoms with Crippen LogP contribution in [-0.4, -0.2) is 57.1 Å². The first-order valence-electron chi connectivity index (χ1n) is 6.29. The molecule has 11 nitrogen and oxygen atoms in total. The van der Waals surface area contributed by atoms with Crippen molar-refractivity contribution in [3.63, 3.8) is 0 Å². The molecule has 1 aromatic carbocycles. The van der Waals surface area contributed by atoms with Gasteiger partial charge in [-0.2, -0.15) is 0 Å². The average Bonchev–Trinajstić information content (AvgIpc) is 2.55. The zero-order valence-electron chi connectivity index (χ0n) is 11.3. The van der Waals surface area contributed by atoms with E-state index in [0.29, 0.717) is 0 Å². The van der Waals surface area contributed by atoms with Crippen LogP contribution in [0.25, 0.3) is 0 Å². The lowest BCUT2D eigenvalue weighted by Gasteiger charge is -2.38. The molecule has 1 aromatic rings. The van der Waals surface area contributed by atoms with E-state index in [0.717, 1.165) is 12.1 Å². The first-order valence-corrected chi connectivity index (χ1v) is 6.29. The van der Waals surface area contributed by atoms with Crippen molar-refractivity contribution in [2.45, 2.75) is 30.7 Å². The van der Waals surface area contributed by atoms with Crippen molar-refractivity contribution in [3.05, 3.63) is 28.0 Å². The van der Waals surface area contributed by atoms with Gasteiger partial charge in [-0.25, -0.2) is 4.79 Å². The fourth-order valence-corrected chi connectivity index (χ4v) is 2.01. The van der Waals surface area contributed by atoms with E-state index < -0.39 is 36.7 Å². The van der Waals surface area contributed by atoms with Crippen molar-refractivity contribution >= 4 is 17.3 Å². The summed E-state index contributed by atoms with van der Waals surface area (Å²) in [6.45, 7) is 0. The highest BCUT2D eigenvalue weighted by Gasteiger charge is 2.48. The molecule has 1 saturated heterocycles. The van der Waals surface area contributed by atoms with E-state index >= 15 is 0 Å². The quantitative estimate of drug-likeness (QED) is 0.531. The summed E-state index contributed by atoms with van der Waals surface area (Å²) in [6.07, 6.45) is -9.04. The molecule has 0 aromatic heterocycles. The van der Waals surface area contributed by atoms with E-state index in [1.165, 1.54) is 6.07 Å². The maximum Gasteiger partial charge on any atom is 0.335 e. The fraction of sp³-hybridized carbons (Fsp3) is 0.417. The summed E-state index contributed by atoms with van der Waals surface area (Å²) in [6, 6.07) is 3.33. The van der Waals surface area contributed by atoms with Gasteiger partial charge in [0.05, 0.1) is 0 Å². The number of hydrogen-bond donors (Lipinski definition) is 4. The van der Waals surface area contributed by atoms with Crippen molar-refractivity contribution in [1.29, 1.82) is 0 Å². The molecule has 1 aliphatic rings. The molecule has 5 atom stereocenters. The van der Waals surface area contributed by atoms with Gasteiger partial charge >= 0.3 is 5.97 Å². The van der Waals surface area contributed by atoms with Crippen LogP contribution in [0.3, 0.4) is 0 Å². The molecule has 0 saturated carbocycles. The Morgan fingerprint density at radius 1 is 1.09 bits per heavy atom. The standard InChI is InChI=1S/C12H12N2O9/c15-7-8(16)10(11(18)19)23-12(9(7)17)22-6-2-1-4(13-20)3-5(6)14-21/h1-3,7-10,12,15-17H,(H,18,19). The number of carbonyl (C=O) groups is 1. The normalized spacial score (nSPS) is 30.5. The molecular formula is C12H12N2O9. The number of aliphatic carboxylic acids is 1. The zero-order chi connectivity index (χ0) is 17.1. The van der Waals surface area contributed by atoms with Crippen molar-refractivity contribution in [2.24, 2.45) is 10.4 Å². The van der Waals surface area contributed by atoms with Gasteiger partial charge in [0.2, 0.25) is 6.29 Å². The number of aliphatic hydroxyl groups excluding tert-OH is 3. The smallest absolute Gasteiger partial charge is 0.335 e. The number of hydrogen-bond acceptors (Lipinski definition) is 10. The Morgan fingerprint density at radius 3 is 2.35 bits per heavy atom. The van der Waals surface area contributed by atoms with Crippen LogP contribution < -0.4 is 4.74 Å². The molecule has 1 fully saturated rings. The Kier molecular flexibility index (Phi) is 4.95. The van der Waals surface area contributed by atoms with Gasteiger partial charge in [0.15, 0.2) is 17.5 Å². The third-order valence-corrected chi connectivity index (χ3v) is 3.20. The van der Waals surface area contributed by atoms with Gasteiger partial charge in [0.1, 0.15) is 24.0 Å². The summed E-state index contributed by atoms with van der Waals surface area (Å²) in [5.74, 6) is -1.81. The van der Waals surface area contributed by atoms with E-state index in [-0.39, 0.29) is 17.1 Å². The number of benzene rings is 1. The van der Waals surface area contributed by atoms with Crippen LogP contribution in [0.15, 0.2) is 28.6 Å². The fourth-order valence-electron chi connectivity index (χ4n) is 2.01. The highest BCUT2D eigenvalue weighted by Crippen LogP contribution is 2.34. The number of nitroso groups, excluding NO2 is 2. The predicted molar refractivity (Wildman–Crippen MR) is 72.3 cm³/mol. The van der Waals surface area contributed by atoms with Crippen LogP contribution in [0.2, 0.25) is 0 Å². The van der Waals surface area contributed by atoms with Crippen molar-refractivity contribution in [2.75, 3.05) is 0 Å². The molecule has 5 unspecified atom stereocenters. The van der Waals surface area contributed by atoms with Crippen molar-refractivity contribution < 1.29 is 34.7 Å². The number of aliphatic hydroxyl groups is 3. The third-order valence-electron chi connectivity index (χ3n) is 3.20. The number of carboxylic acids is 1. The second-order valence-electron chi connectivity index (χ2n) is 4.69. The van der Waals surface area contributed by atoms with Crippen molar-refractivity contribution in [3.8, 4) is 5.75 Å². The van der Waals surface area contributed by atoms with E-state index in [2.05, 4.69) is 10.4 Å². The Morgan fingerprint density at radius 2 is 1.78 bits per heavy atom. The second-order valence-corrected chi connectivity index (χ2v) is 4.69. The highest BCUT2D eigenvalue weighted by atomic mass is 16.7. The summed E-state index contributed by atoms with van der Waals surface area (Å²) < 4.78 is 10.0. The van der Waals surface area contributed by atoms with E-state index in [4.69, 9.17) is 14.6 Å². The molecule has 124 valence electrons. The summed E-state index contributed by atoms with van der Waals surface area (Å²) in [4.78, 5) is 32.1. The molecule has 1 heterocycles. The predicted octanol–water partition coefficient (Wildman–Crippen LogP) is -0.247. The van der Waals surface area contributed by atoms with Gasteiger partial charge in [-0.1, -0.05) is 0 Å². The number of rotatable bonds is 5. The molecule has 0 aliphatic carbocycles. The minimum atomic E-state index is -1.87. The molecule has 2 rings (SSSR count). The molecule has 0 radical (unpaired) electrons. The third kappa shape index (κ3) is 3.32. The van der Waals surface area contributed by atoms with E-state index in [9.17, 15) is 29.9 Å². The van der Waals surface area contributed by atoms with Crippen LogP contribution in [0.4, 0.5) is 11.4 Å². The van der Waals surface area contributed by atoms with Crippen LogP contribution in [0.5, 0.6) is 5.75 Å². The molecule has 11 heteroatoms. The Hall–Kier alpha value is -2.47. The second kappa shape index (κ2) is 6.75. The summed E-state index contributed by atoms with van der Waals surface area (Å²) in [7, 11) is 0. The van der Waals surface area contributed by atoms with E-state index in [1.807, 2.05) is 0 Å². The Labute approximate surface area is 128 Å². The molecule has 4 N–H and O–H groups in total. The Balaban J connectivity index is 2.26. The van der Waals surface area contributed by atoms with Gasteiger partial charge in [-0.05, 0) is 22.5 Å². The summed E-state index contributed by atoms with van der Waals surface area (Å²) >= 11 is 0. The lowest BCUT2D eigenvalue weighted by Crippen LogP contribution is -2.61. The molecule has 0 spiro atoms. The van der Waals surface area contributed by atoms with Crippen LogP contribution in [0.1, 0.15) is 0 Å². The van der Waals surface area contributed by atoms with Crippen LogP contribution >= 0.6 is 0 Å². The van der Waals surface area contributed by atoms with Gasteiger partial charge in [0, 0.05) is 6.07 Å². The lowest BCUT2D eigenvalue weighted by atomic mass is 9.99. The Bertz CT molecular complexity index is 623. The van der Waals surface area contributed by atoms with Crippen LogP contribution in [0, 0.1) is 9.81 Å². The minimum absolute atomic E-state index is 0.101. The van der Waals surface area contributed by atoms with Crippen molar-refractivity contribution in [1.82, 2.24) is 0 Å². The van der Waals surface area contributed by atoms with E-state index in [1.54, 1.807) is 0 Å². The van der Waals surface area contributed by atoms with Gasteiger partial charge in [0.25, 0.3) is 0 Å². The monoisotopic (exact) mass is 328 g/mol. The summed E-state index contributed by atoms with van der Waals surface area (Å²) in [5.41, 5.74) is -0.443. The summed E-state index contributed by atoms with van der Waals surface area (Å²) in [5, 5.41) is 43.1. The topological polar surface area (TPSA) is 175 Å². The highest BCUT2D eigenvalue weighted by molar-refractivity contribution is 5.73. The first-order chi connectivity index (χ1) is 10.9. The number of carboxylic acid groups (broad SMARTS) is 1. The maximum atomic E-state index is 11.0. The molecule has 1 aliphatic heterocycles. The molecule has 0 amide bonds. The molecule has 23 heavy (non-hydrogen) atoms. The van der Waals surface area contributed by atoms with Gasteiger partial charge in [-0.15, -0.1) is 9.81 Å².